The fourth-order valence-corrected chi connectivity index (χ4v) is 5.08. The van der Waals surface area contributed by atoms with Gasteiger partial charge in [-0.3, -0.25) is 9.69 Å². The molecule has 1 unspecified atom stereocenters. The number of amides is 1. The number of allylic oxidation sites excluding steroid dienone is 1. The zero-order valence-corrected chi connectivity index (χ0v) is 14.5. The molecule has 18 heavy (non-hydrogen) atoms. The van der Waals surface area contributed by atoms with Crippen LogP contribution >= 0.6 is 50.3 Å². The van der Waals surface area contributed by atoms with Crippen LogP contribution in [0.2, 0.25) is 0 Å². The summed E-state index contributed by atoms with van der Waals surface area (Å²) in [7, 11) is 7.74. The van der Waals surface area contributed by atoms with Gasteiger partial charge in [-0.05, 0) is 6.92 Å². The molecule has 1 amide bonds. The highest BCUT2D eigenvalue weighted by molar-refractivity contribution is 14.1. The lowest BCUT2D eigenvalue weighted by Crippen LogP contribution is -2.56. The summed E-state index contributed by atoms with van der Waals surface area (Å²) >= 11 is 7.28. The highest BCUT2D eigenvalue weighted by Gasteiger charge is 2.48. The standard InChI is InChI=1S/C10H12BBrIN3OS/c1-10(7-5(11)4(12)3-18-7)6(13)8(17)16(2)9(14)15-10/h4,6H,3H2,1-2H3,(H2,14,15)/t4?,6-,10-/m0/s1. The fraction of sp³-hybridized carbons (Fsp3) is 0.600. The molecular formula is C10H12BBrIN3OS. The van der Waals surface area contributed by atoms with E-state index in [4.69, 9.17) is 13.6 Å². The molecule has 0 fully saturated rings. The van der Waals surface area contributed by atoms with Crippen LogP contribution in [0, 0.1) is 0 Å². The molecule has 8 heteroatoms. The quantitative estimate of drug-likeness (QED) is 0.380. The first-order valence-electron chi connectivity index (χ1n) is 5.33. The van der Waals surface area contributed by atoms with Crippen molar-refractivity contribution in [3.63, 3.8) is 0 Å². The molecule has 0 aromatic rings. The predicted molar refractivity (Wildman–Crippen MR) is 88.6 cm³/mol. The average molecular weight is 440 g/mol. The smallest absolute Gasteiger partial charge is 0.244 e. The van der Waals surface area contributed by atoms with E-state index in [1.807, 2.05) is 6.92 Å². The van der Waals surface area contributed by atoms with Crippen LogP contribution in [0.1, 0.15) is 6.92 Å². The van der Waals surface area contributed by atoms with Crippen LogP contribution in [0.15, 0.2) is 15.4 Å². The molecule has 0 aromatic carbocycles. The third-order valence-corrected chi connectivity index (χ3v) is 7.59. The van der Waals surface area contributed by atoms with E-state index in [1.165, 1.54) is 4.90 Å². The molecule has 3 atom stereocenters. The van der Waals surface area contributed by atoms with E-state index in [0.29, 0.717) is 0 Å². The molecule has 2 rings (SSSR count). The van der Waals surface area contributed by atoms with Gasteiger partial charge in [-0.25, -0.2) is 4.99 Å². The van der Waals surface area contributed by atoms with E-state index in [0.717, 1.165) is 16.1 Å². The first-order valence-corrected chi connectivity index (χ1v) is 8.47. The Bertz CT molecular complexity index is 472. The van der Waals surface area contributed by atoms with E-state index < -0.39 is 5.54 Å². The van der Waals surface area contributed by atoms with Crippen LogP contribution < -0.4 is 5.73 Å². The Morgan fingerprint density at radius 2 is 2.33 bits per heavy atom. The highest BCUT2D eigenvalue weighted by Crippen LogP contribution is 2.46. The van der Waals surface area contributed by atoms with Gasteiger partial charge in [0.25, 0.3) is 0 Å². The normalized spacial score (nSPS) is 37.2. The number of nitrogens with zero attached hydrogens (tertiary/aromatic N) is 2. The van der Waals surface area contributed by atoms with Gasteiger partial charge in [0.2, 0.25) is 5.91 Å². The van der Waals surface area contributed by atoms with E-state index >= 15 is 0 Å². The monoisotopic (exact) mass is 439 g/mol. The minimum Gasteiger partial charge on any atom is -0.369 e. The first kappa shape index (κ1) is 14.7. The van der Waals surface area contributed by atoms with E-state index in [2.05, 4.69) is 43.5 Å². The van der Waals surface area contributed by atoms with E-state index in [-0.39, 0.29) is 20.6 Å². The minimum atomic E-state index is -0.661. The summed E-state index contributed by atoms with van der Waals surface area (Å²) in [5.74, 6) is 1.07. The molecule has 96 valence electrons. The van der Waals surface area contributed by atoms with Crippen molar-refractivity contribution < 1.29 is 4.79 Å². The molecular weight excluding hydrogens is 428 g/mol. The van der Waals surface area contributed by atoms with Crippen LogP contribution in [-0.4, -0.2) is 51.7 Å². The molecule has 0 aromatic heterocycles. The van der Waals surface area contributed by atoms with Gasteiger partial charge < -0.3 is 5.73 Å². The maximum atomic E-state index is 12.2. The average Bonchev–Trinajstić information content (AvgIpc) is 2.65. The molecule has 0 saturated heterocycles. The third kappa shape index (κ3) is 2.13. The van der Waals surface area contributed by atoms with E-state index in [1.54, 1.807) is 18.8 Å². The van der Waals surface area contributed by atoms with Crippen molar-refractivity contribution >= 4 is 70.0 Å². The van der Waals surface area contributed by atoms with Crippen LogP contribution in [0.3, 0.4) is 0 Å². The van der Waals surface area contributed by atoms with Gasteiger partial charge in [0.1, 0.15) is 17.3 Å². The van der Waals surface area contributed by atoms with Gasteiger partial charge in [0, 0.05) is 22.5 Å². The molecule has 0 saturated carbocycles. The van der Waals surface area contributed by atoms with Crippen molar-refractivity contribution in [2.24, 2.45) is 10.7 Å². The summed E-state index contributed by atoms with van der Waals surface area (Å²) in [4.78, 5) is 19.2. The molecule has 2 aliphatic rings. The molecule has 2 N–H and O–H groups in total. The Morgan fingerprint density at radius 3 is 2.83 bits per heavy atom. The predicted octanol–water partition coefficient (Wildman–Crippen LogP) is 1.23. The van der Waals surface area contributed by atoms with Gasteiger partial charge in [-0.15, -0.1) is 11.8 Å². The van der Waals surface area contributed by atoms with Gasteiger partial charge in [0.05, 0.1) is 0 Å². The number of hydrogen-bond acceptors (Lipinski definition) is 4. The lowest BCUT2D eigenvalue weighted by molar-refractivity contribution is -0.126. The maximum Gasteiger partial charge on any atom is 0.244 e. The summed E-state index contributed by atoms with van der Waals surface area (Å²) in [6, 6.07) is 0. The number of guanidine groups is 1. The number of rotatable bonds is 1. The fourth-order valence-electron chi connectivity index (χ4n) is 1.97. The van der Waals surface area contributed by atoms with E-state index in [9.17, 15) is 4.79 Å². The number of aliphatic imine (C=N–C) groups is 1. The topological polar surface area (TPSA) is 58.7 Å². The highest BCUT2D eigenvalue weighted by atomic mass is 127. The van der Waals surface area contributed by atoms with Crippen molar-refractivity contribution in [3.05, 3.63) is 10.4 Å². The summed E-state index contributed by atoms with van der Waals surface area (Å²) in [6.45, 7) is 1.92. The van der Waals surface area contributed by atoms with Crippen LogP contribution in [0.25, 0.3) is 0 Å². The number of carbonyl (C=O) groups excluding carboxylic acids is 1. The number of hydrogen-bond donors (Lipinski definition) is 1. The van der Waals surface area contributed by atoms with Crippen LogP contribution in [0.4, 0.5) is 0 Å². The molecule has 0 bridgehead atoms. The first-order chi connectivity index (χ1) is 8.29. The Kier molecular flexibility index (Phi) is 4.09. The summed E-state index contributed by atoms with van der Waals surface area (Å²) in [5, 5.41) is 0. The Hall–Kier alpha value is 0.305. The van der Waals surface area contributed by atoms with Crippen molar-refractivity contribution in [1.82, 2.24) is 4.90 Å². The summed E-state index contributed by atoms with van der Waals surface area (Å²) in [5.41, 5.74) is 5.92. The second-order valence-corrected chi connectivity index (χ2v) is 7.82. The molecule has 2 aliphatic heterocycles. The minimum absolute atomic E-state index is 0.0375. The van der Waals surface area contributed by atoms with Crippen molar-refractivity contribution in [3.8, 4) is 0 Å². The number of carbonyl (C=O) groups is 1. The van der Waals surface area contributed by atoms with Crippen molar-refractivity contribution in [2.75, 3.05) is 12.8 Å². The largest absolute Gasteiger partial charge is 0.369 e. The van der Waals surface area contributed by atoms with Gasteiger partial charge in [0.15, 0.2) is 5.96 Å². The number of halogens is 2. The SMILES string of the molecule is [B]C1=C([C@@]2(C)N=C(N)N(C)C(=O)[C@@H]2I)SCC1Br. The molecule has 2 radical (unpaired) electrons. The lowest BCUT2D eigenvalue weighted by atomic mass is 9.84. The second kappa shape index (κ2) is 5.01. The molecule has 2 heterocycles. The second-order valence-electron chi connectivity index (χ2n) is 4.44. The lowest BCUT2D eigenvalue weighted by Gasteiger charge is -2.38. The van der Waals surface area contributed by atoms with Crippen LogP contribution in [0.5, 0.6) is 0 Å². The maximum absolute atomic E-state index is 12.2. The zero-order chi connectivity index (χ0) is 13.7. The Labute approximate surface area is 134 Å². The van der Waals surface area contributed by atoms with Gasteiger partial charge in [-0.2, -0.15) is 0 Å². The van der Waals surface area contributed by atoms with Crippen LogP contribution in [-0.2, 0) is 4.79 Å². The third-order valence-electron chi connectivity index (χ3n) is 3.16. The Morgan fingerprint density at radius 1 is 1.72 bits per heavy atom. The summed E-state index contributed by atoms with van der Waals surface area (Å²) in [6.07, 6.45) is 0. The molecule has 4 nitrogen and oxygen atoms in total. The van der Waals surface area contributed by atoms with Gasteiger partial charge >= 0.3 is 0 Å². The Balaban J connectivity index is 2.51. The van der Waals surface area contributed by atoms with Crippen molar-refractivity contribution in [1.29, 1.82) is 0 Å². The molecule has 0 aliphatic carbocycles. The number of thioether (sulfide) groups is 1. The number of nitrogens with two attached hydrogens (primary N) is 1. The van der Waals surface area contributed by atoms with Crippen molar-refractivity contribution in [2.45, 2.75) is 21.2 Å². The molecule has 0 spiro atoms. The summed E-state index contributed by atoms with van der Waals surface area (Å²) < 4.78 is -0.300. The van der Waals surface area contributed by atoms with Gasteiger partial charge in [-0.1, -0.05) is 44.0 Å². The number of alkyl halides is 2. The zero-order valence-electron chi connectivity index (χ0n) is 9.98.